The van der Waals surface area contributed by atoms with Crippen LogP contribution >= 0.6 is 0 Å². The van der Waals surface area contributed by atoms with Gasteiger partial charge in [-0.25, -0.2) is 18.4 Å². The Labute approximate surface area is 208 Å². The number of nitrogens with zero attached hydrogens (tertiary/aromatic N) is 3. The Hall–Kier alpha value is -2.68. The maximum atomic E-state index is 13.8. The van der Waals surface area contributed by atoms with E-state index in [0.29, 0.717) is 24.1 Å². The van der Waals surface area contributed by atoms with Crippen molar-refractivity contribution < 1.29 is 13.2 Å². The zero-order valence-corrected chi connectivity index (χ0v) is 21.8. The molecular weight excluding hydrogens is 462 g/mol. The first-order valence-corrected chi connectivity index (χ1v) is 14.1. The van der Waals surface area contributed by atoms with E-state index in [4.69, 9.17) is 5.73 Å². The first kappa shape index (κ1) is 25.4. The number of amides is 1. The number of pyridine rings is 2. The molecule has 35 heavy (non-hydrogen) atoms. The number of sulfone groups is 1. The van der Waals surface area contributed by atoms with E-state index in [0.717, 1.165) is 32.1 Å². The van der Waals surface area contributed by atoms with Gasteiger partial charge in [0.05, 0.1) is 4.90 Å². The van der Waals surface area contributed by atoms with E-state index >= 15 is 0 Å². The molecule has 3 N–H and O–H groups in total. The quantitative estimate of drug-likeness (QED) is 0.598. The maximum Gasteiger partial charge on any atom is 0.253 e. The molecule has 2 aromatic heterocycles. The standard InChI is InChI=1S/C26H37N5O3S/c1-18-16-26(2,3)31(17-18)25-23(24(27)32)20(14-15-28-25)35(33,34)22-13-9-12-21(30-22)29-19-10-7-5-4-6-8-11-19/h9,12-15,18-19H,4-8,10-11,16-17H2,1-3H3,(H2,27,32)(H,29,30). The molecule has 0 aromatic carbocycles. The molecule has 2 aromatic rings. The number of nitrogens with two attached hydrogens (primary N) is 1. The fraction of sp³-hybridized carbons (Fsp3) is 0.577. The minimum atomic E-state index is -4.11. The zero-order chi connectivity index (χ0) is 25.2. The molecule has 9 heteroatoms. The molecule has 190 valence electrons. The molecule has 1 atom stereocenters. The monoisotopic (exact) mass is 499 g/mol. The Bertz CT molecular complexity index is 1170. The van der Waals surface area contributed by atoms with Gasteiger partial charge in [0.1, 0.15) is 17.2 Å². The topological polar surface area (TPSA) is 118 Å². The van der Waals surface area contributed by atoms with E-state index in [-0.39, 0.29) is 27.1 Å². The number of rotatable bonds is 6. The maximum absolute atomic E-state index is 13.8. The van der Waals surface area contributed by atoms with Gasteiger partial charge in [-0.05, 0) is 57.2 Å². The zero-order valence-electron chi connectivity index (χ0n) is 21.0. The predicted octanol–water partition coefficient (Wildman–Crippen LogP) is 4.56. The van der Waals surface area contributed by atoms with Crippen LogP contribution in [0.25, 0.3) is 0 Å². The molecule has 0 bridgehead atoms. The summed E-state index contributed by atoms with van der Waals surface area (Å²) in [6.07, 6.45) is 10.5. The molecule has 1 saturated heterocycles. The van der Waals surface area contributed by atoms with E-state index < -0.39 is 15.7 Å². The Morgan fingerprint density at radius 2 is 1.80 bits per heavy atom. The summed E-state index contributed by atoms with van der Waals surface area (Å²) in [7, 11) is -4.11. The number of primary amides is 1. The number of aromatic nitrogens is 2. The van der Waals surface area contributed by atoms with Crippen molar-refractivity contribution in [2.45, 2.75) is 93.6 Å². The average Bonchev–Trinajstić information content (AvgIpc) is 3.06. The van der Waals surface area contributed by atoms with Crippen LogP contribution in [-0.4, -0.2) is 42.4 Å². The predicted molar refractivity (Wildman–Crippen MR) is 137 cm³/mol. The van der Waals surface area contributed by atoms with Crippen molar-refractivity contribution in [3.8, 4) is 0 Å². The molecule has 1 aliphatic carbocycles. The van der Waals surface area contributed by atoms with Crippen LogP contribution in [0.15, 0.2) is 40.4 Å². The summed E-state index contributed by atoms with van der Waals surface area (Å²) in [5.74, 6) is 0.411. The lowest BCUT2D eigenvalue weighted by molar-refractivity contribution is 0.0997. The first-order chi connectivity index (χ1) is 16.6. The molecule has 1 aliphatic heterocycles. The van der Waals surface area contributed by atoms with Gasteiger partial charge in [-0.2, -0.15) is 0 Å². The summed E-state index contributed by atoms with van der Waals surface area (Å²) in [6.45, 7) is 6.93. The highest BCUT2D eigenvalue weighted by Gasteiger charge is 2.40. The average molecular weight is 500 g/mol. The van der Waals surface area contributed by atoms with E-state index in [1.54, 1.807) is 12.1 Å². The lowest BCUT2D eigenvalue weighted by Crippen LogP contribution is -2.40. The summed E-state index contributed by atoms with van der Waals surface area (Å²) >= 11 is 0. The second-order valence-electron chi connectivity index (χ2n) is 10.7. The first-order valence-electron chi connectivity index (χ1n) is 12.6. The Morgan fingerprint density at radius 1 is 1.11 bits per heavy atom. The van der Waals surface area contributed by atoms with Gasteiger partial charge in [-0.3, -0.25) is 4.79 Å². The fourth-order valence-corrected chi connectivity index (χ4v) is 7.02. The Morgan fingerprint density at radius 3 is 2.43 bits per heavy atom. The second-order valence-corrected chi connectivity index (χ2v) is 12.5. The van der Waals surface area contributed by atoms with Gasteiger partial charge in [-0.15, -0.1) is 0 Å². The largest absolute Gasteiger partial charge is 0.367 e. The van der Waals surface area contributed by atoms with Gasteiger partial charge in [0.25, 0.3) is 5.91 Å². The molecule has 1 saturated carbocycles. The second kappa shape index (κ2) is 10.1. The summed E-state index contributed by atoms with van der Waals surface area (Å²) < 4.78 is 27.5. The summed E-state index contributed by atoms with van der Waals surface area (Å²) in [6, 6.07) is 6.56. The molecule has 8 nitrogen and oxygen atoms in total. The molecule has 0 radical (unpaired) electrons. The van der Waals surface area contributed by atoms with Gasteiger partial charge in [-0.1, -0.05) is 45.1 Å². The van der Waals surface area contributed by atoms with Crippen LogP contribution < -0.4 is 16.0 Å². The number of hydrogen-bond donors (Lipinski definition) is 2. The lowest BCUT2D eigenvalue weighted by Gasteiger charge is -2.33. The highest BCUT2D eigenvalue weighted by Crippen LogP contribution is 2.39. The summed E-state index contributed by atoms with van der Waals surface area (Å²) in [5.41, 5.74) is 5.41. The van der Waals surface area contributed by atoms with E-state index in [1.807, 2.05) is 4.90 Å². The summed E-state index contributed by atoms with van der Waals surface area (Å²) in [4.78, 5) is 23.3. The van der Waals surface area contributed by atoms with Crippen LogP contribution in [0.4, 0.5) is 11.6 Å². The van der Waals surface area contributed by atoms with Crippen LogP contribution in [0.5, 0.6) is 0 Å². The number of nitrogens with one attached hydrogen (secondary N) is 1. The molecule has 0 spiro atoms. The Balaban J connectivity index is 1.70. The van der Waals surface area contributed by atoms with Crippen LogP contribution in [0.1, 0.15) is 82.5 Å². The van der Waals surface area contributed by atoms with Crippen molar-refractivity contribution in [3.05, 3.63) is 36.0 Å². The third-order valence-electron chi connectivity index (χ3n) is 7.21. The fourth-order valence-electron chi connectivity index (χ4n) is 5.62. The van der Waals surface area contributed by atoms with E-state index in [9.17, 15) is 13.2 Å². The number of anilines is 2. The summed E-state index contributed by atoms with van der Waals surface area (Å²) in [5, 5.41) is 3.32. The SMILES string of the molecule is CC1CN(c2nccc(S(=O)(=O)c3cccc(NC4CCCCCCC4)n3)c2C(N)=O)C(C)(C)C1. The van der Waals surface area contributed by atoms with Gasteiger partial charge in [0.15, 0.2) is 5.03 Å². The van der Waals surface area contributed by atoms with Gasteiger partial charge >= 0.3 is 0 Å². The minimum absolute atomic E-state index is 0.0742. The van der Waals surface area contributed by atoms with Crippen molar-refractivity contribution in [2.75, 3.05) is 16.8 Å². The molecule has 1 amide bonds. The molecule has 2 aliphatic rings. The van der Waals surface area contributed by atoms with Gasteiger partial charge < -0.3 is 16.0 Å². The minimum Gasteiger partial charge on any atom is -0.367 e. The van der Waals surface area contributed by atoms with Crippen molar-refractivity contribution in [1.82, 2.24) is 9.97 Å². The molecule has 4 rings (SSSR count). The number of hydrogen-bond acceptors (Lipinski definition) is 7. The normalized spacial score (nSPS) is 21.3. The van der Waals surface area contributed by atoms with Crippen molar-refractivity contribution in [3.63, 3.8) is 0 Å². The number of carbonyl (C=O) groups is 1. The molecule has 2 fully saturated rings. The third-order valence-corrected chi connectivity index (χ3v) is 8.91. The van der Waals surface area contributed by atoms with Crippen molar-refractivity contribution in [2.24, 2.45) is 11.7 Å². The van der Waals surface area contributed by atoms with Crippen LogP contribution in [-0.2, 0) is 9.84 Å². The van der Waals surface area contributed by atoms with Crippen LogP contribution in [0, 0.1) is 5.92 Å². The Kier molecular flexibility index (Phi) is 7.35. The van der Waals surface area contributed by atoms with Crippen molar-refractivity contribution >= 4 is 27.4 Å². The van der Waals surface area contributed by atoms with Crippen LogP contribution in [0.3, 0.4) is 0 Å². The molecular formula is C26H37N5O3S. The number of carbonyl (C=O) groups excluding carboxylic acids is 1. The molecule has 1 unspecified atom stereocenters. The molecule has 3 heterocycles. The van der Waals surface area contributed by atoms with Crippen molar-refractivity contribution in [1.29, 1.82) is 0 Å². The highest BCUT2D eigenvalue weighted by molar-refractivity contribution is 7.91. The van der Waals surface area contributed by atoms with Crippen LogP contribution in [0.2, 0.25) is 0 Å². The van der Waals surface area contributed by atoms with E-state index in [1.165, 1.54) is 37.6 Å². The third kappa shape index (κ3) is 5.44. The van der Waals surface area contributed by atoms with E-state index in [2.05, 4.69) is 36.1 Å². The smallest absolute Gasteiger partial charge is 0.253 e. The lowest BCUT2D eigenvalue weighted by atomic mass is 9.97. The van der Waals surface area contributed by atoms with Gasteiger partial charge in [0.2, 0.25) is 9.84 Å². The highest BCUT2D eigenvalue weighted by atomic mass is 32.2. The van der Waals surface area contributed by atoms with Gasteiger partial charge in [0, 0.05) is 24.3 Å².